The highest BCUT2D eigenvalue weighted by atomic mass is 16.5. The van der Waals surface area contributed by atoms with E-state index in [2.05, 4.69) is 4.98 Å². The second kappa shape index (κ2) is 5.58. The van der Waals surface area contributed by atoms with Gasteiger partial charge < -0.3 is 14.4 Å². The van der Waals surface area contributed by atoms with Crippen molar-refractivity contribution >= 4 is 10.8 Å². The number of benzene rings is 2. The van der Waals surface area contributed by atoms with Crippen LogP contribution in [0.5, 0.6) is 5.75 Å². The molecule has 0 saturated heterocycles. The van der Waals surface area contributed by atoms with E-state index in [-0.39, 0.29) is 0 Å². The summed E-state index contributed by atoms with van der Waals surface area (Å²) in [5, 5.41) is 12.1. The summed E-state index contributed by atoms with van der Waals surface area (Å²) in [6.45, 7) is 2.17. The first-order valence-electron chi connectivity index (χ1n) is 6.94. The van der Waals surface area contributed by atoms with Gasteiger partial charge in [-0.25, -0.2) is 4.98 Å². The van der Waals surface area contributed by atoms with Crippen molar-refractivity contribution in [2.75, 3.05) is 0 Å². The van der Waals surface area contributed by atoms with Crippen molar-refractivity contribution in [3.05, 3.63) is 60.2 Å². The molecule has 0 saturated carbocycles. The Morgan fingerprint density at radius 1 is 1.24 bits per heavy atom. The molecule has 0 radical (unpaired) electrons. The van der Waals surface area contributed by atoms with Crippen molar-refractivity contribution in [2.24, 2.45) is 7.05 Å². The Balaban J connectivity index is 2.02. The van der Waals surface area contributed by atoms with Crippen molar-refractivity contribution < 1.29 is 9.84 Å². The van der Waals surface area contributed by atoms with Crippen LogP contribution < -0.4 is 4.74 Å². The van der Waals surface area contributed by atoms with Gasteiger partial charge in [-0.3, -0.25) is 0 Å². The maximum absolute atomic E-state index is 9.98. The number of aromatic nitrogens is 2. The molecule has 0 aliphatic rings. The SMILES string of the molecule is C[C@H](O)c1ccc2ccccc2c1OCc1cncn1C. The van der Waals surface area contributed by atoms with E-state index in [9.17, 15) is 5.11 Å². The summed E-state index contributed by atoms with van der Waals surface area (Å²) in [6.07, 6.45) is 2.96. The average Bonchev–Trinajstić information content (AvgIpc) is 2.89. The van der Waals surface area contributed by atoms with E-state index in [4.69, 9.17) is 4.74 Å². The number of hydrogen-bond donors (Lipinski definition) is 1. The maximum Gasteiger partial charge on any atom is 0.133 e. The Kier molecular flexibility index (Phi) is 3.62. The van der Waals surface area contributed by atoms with Gasteiger partial charge in [-0.2, -0.15) is 0 Å². The lowest BCUT2D eigenvalue weighted by Gasteiger charge is -2.16. The predicted octanol–water partition coefficient (Wildman–Crippen LogP) is 3.21. The normalized spacial score (nSPS) is 12.5. The van der Waals surface area contributed by atoms with E-state index in [0.29, 0.717) is 6.61 Å². The smallest absolute Gasteiger partial charge is 0.133 e. The second-order valence-corrected chi connectivity index (χ2v) is 5.17. The van der Waals surface area contributed by atoms with E-state index >= 15 is 0 Å². The number of imidazole rings is 1. The van der Waals surface area contributed by atoms with Gasteiger partial charge in [0.1, 0.15) is 12.4 Å². The van der Waals surface area contributed by atoms with Crippen LogP contribution in [0.3, 0.4) is 0 Å². The van der Waals surface area contributed by atoms with Crippen molar-refractivity contribution in [1.29, 1.82) is 0 Å². The largest absolute Gasteiger partial charge is 0.486 e. The zero-order valence-electron chi connectivity index (χ0n) is 12.2. The van der Waals surface area contributed by atoms with Gasteiger partial charge in [-0.1, -0.05) is 36.4 Å². The van der Waals surface area contributed by atoms with Gasteiger partial charge in [-0.15, -0.1) is 0 Å². The lowest BCUT2D eigenvalue weighted by Crippen LogP contribution is -2.04. The molecule has 3 aromatic rings. The van der Waals surface area contributed by atoms with E-state index in [0.717, 1.165) is 27.8 Å². The molecule has 1 N–H and O–H groups in total. The molecule has 0 bridgehead atoms. The standard InChI is InChI=1S/C17H18N2O2/c1-12(20)15-8-7-13-5-3-4-6-16(13)17(15)21-10-14-9-18-11-19(14)2/h3-9,11-12,20H,10H2,1-2H3/t12-/m0/s1. The first kappa shape index (κ1) is 13.6. The molecule has 0 unspecified atom stereocenters. The van der Waals surface area contributed by atoms with Gasteiger partial charge in [0.2, 0.25) is 0 Å². The van der Waals surface area contributed by atoms with Gasteiger partial charge in [0.05, 0.1) is 24.3 Å². The summed E-state index contributed by atoms with van der Waals surface area (Å²) >= 11 is 0. The molecule has 21 heavy (non-hydrogen) atoms. The number of hydrogen-bond acceptors (Lipinski definition) is 3. The zero-order valence-corrected chi connectivity index (χ0v) is 12.2. The lowest BCUT2D eigenvalue weighted by atomic mass is 10.0. The van der Waals surface area contributed by atoms with Crippen LogP contribution in [0.2, 0.25) is 0 Å². The Labute approximate surface area is 123 Å². The van der Waals surface area contributed by atoms with Crippen LogP contribution in [-0.4, -0.2) is 14.7 Å². The summed E-state index contributed by atoms with van der Waals surface area (Å²) in [7, 11) is 1.93. The molecule has 1 atom stereocenters. The highest BCUT2D eigenvalue weighted by Crippen LogP contribution is 2.34. The third kappa shape index (κ3) is 2.62. The molecule has 4 heteroatoms. The summed E-state index contributed by atoms with van der Waals surface area (Å²) in [6, 6.07) is 12.0. The molecule has 3 rings (SSSR count). The van der Waals surface area contributed by atoms with Gasteiger partial charge in [0, 0.05) is 18.0 Å². The molecule has 0 aliphatic carbocycles. The molecular formula is C17H18N2O2. The fraction of sp³-hybridized carbons (Fsp3) is 0.235. The molecule has 2 aromatic carbocycles. The topological polar surface area (TPSA) is 47.3 Å². The number of nitrogens with zero attached hydrogens (tertiary/aromatic N) is 2. The fourth-order valence-corrected chi connectivity index (χ4v) is 2.42. The number of aliphatic hydroxyl groups excluding tert-OH is 1. The molecule has 0 amide bonds. The minimum absolute atomic E-state index is 0.421. The van der Waals surface area contributed by atoms with Gasteiger partial charge in [-0.05, 0) is 12.3 Å². The van der Waals surface area contributed by atoms with Crippen molar-refractivity contribution in [2.45, 2.75) is 19.6 Å². The minimum Gasteiger partial charge on any atom is -0.486 e. The predicted molar refractivity (Wildman–Crippen MR) is 82.1 cm³/mol. The molecular weight excluding hydrogens is 264 g/mol. The third-order valence-corrected chi connectivity index (χ3v) is 3.64. The number of aliphatic hydroxyl groups is 1. The van der Waals surface area contributed by atoms with Crippen LogP contribution >= 0.6 is 0 Å². The van der Waals surface area contributed by atoms with Crippen LogP contribution in [0.1, 0.15) is 24.3 Å². The highest BCUT2D eigenvalue weighted by Gasteiger charge is 2.13. The highest BCUT2D eigenvalue weighted by molar-refractivity contribution is 5.89. The molecule has 0 spiro atoms. The van der Waals surface area contributed by atoms with E-state index in [1.165, 1.54) is 0 Å². The van der Waals surface area contributed by atoms with E-state index in [1.807, 2.05) is 48.0 Å². The molecule has 0 fully saturated rings. The van der Waals surface area contributed by atoms with Gasteiger partial charge in [0.15, 0.2) is 0 Å². The molecule has 0 aliphatic heterocycles. The number of ether oxygens (including phenoxy) is 1. The Hall–Kier alpha value is -2.33. The minimum atomic E-state index is -0.573. The summed E-state index contributed by atoms with van der Waals surface area (Å²) < 4.78 is 7.94. The lowest BCUT2D eigenvalue weighted by molar-refractivity contribution is 0.190. The molecule has 1 heterocycles. The zero-order chi connectivity index (χ0) is 14.8. The summed E-state index contributed by atoms with van der Waals surface area (Å²) in [4.78, 5) is 4.09. The molecule has 1 aromatic heterocycles. The summed E-state index contributed by atoms with van der Waals surface area (Å²) in [5.41, 5.74) is 1.79. The number of fused-ring (bicyclic) bond motifs is 1. The number of rotatable bonds is 4. The quantitative estimate of drug-likeness (QED) is 0.799. The Morgan fingerprint density at radius 2 is 2.05 bits per heavy atom. The van der Waals surface area contributed by atoms with Crippen molar-refractivity contribution in [1.82, 2.24) is 9.55 Å². The van der Waals surface area contributed by atoms with Crippen molar-refractivity contribution in [3.63, 3.8) is 0 Å². The van der Waals surface area contributed by atoms with E-state index in [1.54, 1.807) is 19.4 Å². The van der Waals surface area contributed by atoms with Crippen LogP contribution in [-0.2, 0) is 13.7 Å². The van der Waals surface area contributed by atoms with Crippen LogP contribution in [0.4, 0.5) is 0 Å². The first-order chi connectivity index (χ1) is 10.2. The van der Waals surface area contributed by atoms with Gasteiger partial charge in [0.25, 0.3) is 0 Å². The monoisotopic (exact) mass is 282 g/mol. The van der Waals surface area contributed by atoms with E-state index < -0.39 is 6.10 Å². The van der Waals surface area contributed by atoms with Crippen LogP contribution in [0, 0.1) is 0 Å². The fourth-order valence-electron chi connectivity index (χ4n) is 2.42. The first-order valence-corrected chi connectivity index (χ1v) is 6.94. The molecule has 4 nitrogen and oxygen atoms in total. The molecule has 108 valence electrons. The Morgan fingerprint density at radius 3 is 2.76 bits per heavy atom. The third-order valence-electron chi connectivity index (χ3n) is 3.64. The van der Waals surface area contributed by atoms with Gasteiger partial charge >= 0.3 is 0 Å². The van der Waals surface area contributed by atoms with Crippen LogP contribution in [0.15, 0.2) is 48.9 Å². The average molecular weight is 282 g/mol. The maximum atomic E-state index is 9.98. The van der Waals surface area contributed by atoms with Crippen LogP contribution in [0.25, 0.3) is 10.8 Å². The second-order valence-electron chi connectivity index (χ2n) is 5.17. The van der Waals surface area contributed by atoms with Crippen molar-refractivity contribution in [3.8, 4) is 5.75 Å². The summed E-state index contributed by atoms with van der Waals surface area (Å²) in [5.74, 6) is 0.740. The Bertz CT molecular complexity index is 762. The number of aryl methyl sites for hydroxylation is 1.